The fraction of sp³-hybridized carbons (Fsp3) is 0.346. The molecule has 172 valence electrons. The zero-order valence-electron chi connectivity index (χ0n) is 18.9. The van der Waals surface area contributed by atoms with Gasteiger partial charge in [0.1, 0.15) is 11.5 Å². The van der Waals surface area contributed by atoms with E-state index in [1.54, 1.807) is 14.2 Å². The maximum Gasteiger partial charge on any atom is 0.303 e. The highest BCUT2D eigenvalue weighted by atomic mass is 16.5. The van der Waals surface area contributed by atoms with Gasteiger partial charge in [-0.3, -0.25) is 9.59 Å². The van der Waals surface area contributed by atoms with Crippen molar-refractivity contribution in [2.45, 2.75) is 38.1 Å². The van der Waals surface area contributed by atoms with Gasteiger partial charge in [0.2, 0.25) is 5.91 Å². The minimum Gasteiger partial charge on any atom is -0.497 e. The average Bonchev–Trinajstić information content (AvgIpc) is 3.24. The summed E-state index contributed by atoms with van der Waals surface area (Å²) >= 11 is 0. The van der Waals surface area contributed by atoms with Gasteiger partial charge in [-0.2, -0.15) is 5.10 Å². The lowest BCUT2D eigenvalue weighted by molar-refractivity contribution is -0.141. The topological polar surface area (TPSA) is 88.4 Å². The lowest BCUT2D eigenvalue weighted by Crippen LogP contribution is -2.32. The Morgan fingerprint density at radius 3 is 2.27 bits per heavy atom. The molecule has 4 rings (SSSR count). The molecule has 0 bridgehead atoms. The molecule has 1 aliphatic heterocycles. The number of hydrogen-bond donors (Lipinski definition) is 1. The third-order valence-corrected chi connectivity index (χ3v) is 6.22. The van der Waals surface area contributed by atoms with Crippen molar-refractivity contribution in [3.05, 3.63) is 65.2 Å². The second kappa shape index (κ2) is 9.90. The van der Waals surface area contributed by atoms with Crippen molar-refractivity contribution in [3.8, 4) is 11.5 Å². The largest absolute Gasteiger partial charge is 0.497 e. The third kappa shape index (κ3) is 4.92. The van der Waals surface area contributed by atoms with Crippen molar-refractivity contribution in [1.82, 2.24) is 5.01 Å². The number of aliphatic carboxylic acids is 1. The Morgan fingerprint density at radius 1 is 1.03 bits per heavy atom. The molecule has 7 nitrogen and oxygen atoms in total. The Balaban J connectivity index is 1.69. The van der Waals surface area contributed by atoms with E-state index in [4.69, 9.17) is 19.7 Å². The molecule has 7 heteroatoms. The van der Waals surface area contributed by atoms with E-state index >= 15 is 0 Å². The summed E-state index contributed by atoms with van der Waals surface area (Å²) < 4.78 is 10.5. The lowest BCUT2D eigenvalue weighted by Gasteiger charge is -2.29. The zero-order valence-corrected chi connectivity index (χ0v) is 18.9. The fourth-order valence-corrected chi connectivity index (χ4v) is 4.57. The molecule has 1 N–H and O–H groups in total. The normalized spacial score (nSPS) is 20.8. The second-order valence-corrected chi connectivity index (χ2v) is 8.28. The van der Waals surface area contributed by atoms with E-state index in [9.17, 15) is 9.59 Å². The standard InChI is InChI=1S/C26H28N2O5/c1-32-20-10-6-17(7-11-20)16-19-4-3-5-22-25(19)27-28(23(29)14-15-24(30)31)26(22)18-8-12-21(33-2)13-9-18/h6-13,16,22,26H,3-5,14-15H2,1-2H3,(H,30,31)/b19-16+. The van der Waals surface area contributed by atoms with Gasteiger partial charge in [-0.25, -0.2) is 5.01 Å². The molecule has 1 heterocycles. The Hall–Kier alpha value is -3.61. The van der Waals surface area contributed by atoms with E-state index in [0.717, 1.165) is 53.2 Å². The number of carbonyl (C=O) groups is 2. The number of hydrazone groups is 1. The van der Waals surface area contributed by atoms with Gasteiger partial charge in [0.25, 0.3) is 0 Å². The molecule has 1 fully saturated rings. The van der Waals surface area contributed by atoms with Crippen molar-refractivity contribution in [3.63, 3.8) is 0 Å². The summed E-state index contributed by atoms with van der Waals surface area (Å²) in [7, 11) is 3.26. The fourth-order valence-electron chi connectivity index (χ4n) is 4.57. The molecular formula is C26H28N2O5. The van der Waals surface area contributed by atoms with Gasteiger partial charge in [0, 0.05) is 12.3 Å². The van der Waals surface area contributed by atoms with Crippen molar-refractivity contribution >= 4 is 23.7 Å². The van der Waals surface area contributed by atoms with Crippen LogP contribution in [0.25, 0.3) is 6.08 Å². The van der Waals surface area contributed by atoms with E-state index < -0.39 is 5.97 Å². The summed E-state index contributed by atoms with van der Waals surface area (Å²) in [5, 5.41) is 15.4. The molecule has 33 heavy (non-hydrogen) atoms. The minimum absolute atomic E-state index is 0.0606. The lowest BCUT2D eigenvalue weighted by atomic mass is 9.77. The van der Waals surface area contributed by atoms with Crippen molar-refractivity contribution in [2.24, 2.45) is 11.0 Å². The first-order valence-electron chi connectivity index (χ1n) is 11.1. The summed E-state index contributed by atoms with van der Waals surface area (Å²) in [6, 6.07) is 15.3. The molecule has 2 aromatic rings. The number of ether oxygens (including phenoxy) is 2. The van der Waals surface area contributed by atoms with Crippen LogP contribution in [0.4, 0.5) is 0 Å². The van der Waals surface area contributed by atoms with Gasteiger partial charge >= 0.3 is 5.97 Å². The molecule has 0 saturated heterocycles. The number of rotatable bonds is 7. The molecular weight excluding hydrogens is 420 g/mol. The van der Waals surface area contributed by atoms with Crippen LogP contribution in [0.3, 0.4) is 0 Å². The van der Waals surface area contributed by atoms with Gasteiger partial charge < -0.3 is 14.6 Å². The van der Waals surface area contributed by atoms with Crippen LogP contribution < -0.4 is 9.47 Å². The predicted molar refractivity (Wildman–Crippen MR) is 125 cm³/mol. The monoisotopic (exact) mass is 448 g/mol. The average molecular weight is 449 g/mol. The summed E-state index contributed by atoms with van der Waals surface area (Å²) in [6.45, 7) is 0. The Morgan fingerprint density at radius 2 is 1.67 bits per heavy atom. The molecule has 2 unspecified atom stereocenters. The van der Waals surface area contributed by atoms with Crippen LogP contribution in [-0.2, 0) is 9.59 Å². The van der Waals surface area contributed by atoms with E-state index in [0.29, 0.717) is 0 Å². The second-order valence-electron chi connectivity index (χ2n) is 8.28. The Kier molecular flexibility index (Phi) is 6.77. The van der Waals surface area contributed by atoms with Crippen LogP contribution in [0.1, 0.15) is 49.3 Å². The first-order valence-corrected chi connectivity index (χ1v) is 11.1. The van der Waals surface area contributed by atoms with Crippen LogP contribution in [0.15, 0.2) is 59.2 Å². The summed E-state index contributed by atoms with van der Waals surface area (Å²) in [5.41, 5.74) is 4.05. The van der Waals surface area contributed by atoms with Crippen molar-refractivity contribution < 1.29 is 24.2 Å². The van der Waals surface area contributed by atoms with Gasteiger partial charge in [0.15, 0.2) is 0 Å². The minimum atomic E-state index is -0.992. The van der Waals surface area contributed by atoms with E-state index in [1.807, 2.05) is 48.5 Å². The molecule has 1 amide bonds. The molecule has 0 aromatic heterocycles. The molecule has 1 aliphatic carbocycles. The van der Waals surface area contributed by atoms with Gasteiger partial charge in [-0.15, -0.1) is 0 Å². The number of carboxylic acid groups (broad SMARTS) is 1. The third-order valence-electron chi connectivity index (χ3n) is 6.22. The van der Waals surface area contributed by atoms with E-state index in [1.165, 1.54) is 5.01 Å². The Labute approximate surface area is 193 Å². The summed E-state index contributed by atoms with van der Waals surface area (Å²) in [6.07, 6.45) is 4.63. The first kappa shape index (κ1) is 22.6. The maximum absolute atomic E-state index is 13.0. The molecule has 2 atom stereocenters. The van der Waals surface area contributed by atoms with Crippen LogP contribution in [0.5, 0.6) is 11.5 Å². The Bertz CT molecular complexity index is 1070. The summed E-state index contributed by atoms with van der Waals surface area (Å²) in [4.78, 5) is 24.1. The summed E-state index contributed by atoms with van der Waals surface area (Å²) in [5.74, 6) is 0.333. The number of carbonyl (C=O) groups excluding carboxylic acids is 1. The molecule has 2 aromatic carbocycles. The van der Waals surface area contributed by atoms with Crippen molar-refractivity contribution in [1.29, 1.82) is 0 Å². The SMILES string of the molecule is COc1ccc(/C=C2\CCCC3C2=NN(C(=O)CCC(=O)O)C3c2ccc(OC)cc2)cc1. The van der Waals surface area contributed by atoms with Crippen LogP contribution in [0, 0.1) is 5.92 Å². The van der Waals surface area contributed by atoms with Crippen LogP contribution in [0.2, 0.25) is 0 Å². The molecule has 1 saturated carbocycles. The number of benzene rings is 2. The highest BCUT2D eigenvalue weighted by Crippen LogP contribution is 2.45. The molecule has 0 spiro atoms. The van der Waals surface area contributed by atoms with E-state index in [-0.39, 0.29) is 30.7 Å². The van der Waals surface area contributed by atoms with Crippen LogP contribution >= 0.6 is 0 Å². The number of allylic oxidation sites excluding steroid dienone is 1. The van der Waals surface area contributed by atoms with Crippen LogP contribution in [-0.4, -0.2) is 41.9 Å². The highest BCUT2D eigenvalue weighted by molar-refractivity contribution is 6.08. The van der Waals surface area contributed by atoms with Crippen molar-refractivity contribution in [2.75, 3.05) is 14.2 Å². The number of amides is 1. The first-order chi connectivity index (χ1) is 16.0. The smallest absolute Gasteiger partial charge is 0.303 e. The number of carboxylic acids is 1. The number of fused-ring (bicyclic) bond motifs is 1. The molecule has 2 aliphatic rings. The number of hydrogen-bond acceptors (Lipinski definition) is 5. The maximum atomic E-state index is 13.0. The quantitative estimate of drug-likeness (QED) is 0.664. The number of nitrogens with zero attached hydrogens (tertiary/aromatic N) is 2. The van der Waals surface area contributed by atoms with E-state index in [2.05, 4.69) is 6.08 Å². The highest BCUT2D eigenvalue weighted by Gasteiger charge is 2.43. The van der Waals surface area contributed by atoms with Gasteiger partial charge in [0.05, 0.1) is 32.4 Å². The van der Waals surface area contributed by atoms with Gasteiger partial charge in [-0.1, -0.05) is 24.3 Å². The number of methoxy groups -OCH3 is 2. The molecule has 0 radical (unpaired) electrons. The zero-order chi connectivity index (χ0) is 23.4. The predicted octanol–water partition coefficient (Wildman–Crippen LogP) is 4.69. The van der Waals surface area contributed by atoms with Gasteiger partial charge in [-0.05, 0) is 66.3 Å².